The lowest BCUT2D eigenvalue weighted by Crippen LogP contribution is -1.85. The van der Waals surface area contributed by atoms with Crippen LogP contribution in [0.25, 0.3) is 22.6 Å². The number of hydrogen-bond donors (Lipinski definition) is 1. The van der Waals surface area contributed by atoms with Crippen LogP contribution in [0.1, 0.15) is 0 Å². The Balaban J connectivity index is 2.19. The van der Waals surface area contributed by atoms with Gasteiger partial charge in [0.15, 0.2) is 5.58 Å². The maximum atomic E-state index is 13.4. The van der Waals surface area contributed by atoms with Gasteiger partial charge < -0.3 is 10.2 Å². The number of oxazole rings is 1. The monoisotopic (exact) mass is 262 g/mol. The lowest BCUT2D eigenvalue weighted by Gasteiger charge is -1.96. The number of aromatic nitrogens is 1. The molecule has 0 spiro atoms. The standard InChI is InChI=1S/C13H8ClFN2O/c14-8-5-4-7(6-9(8)15)13-17-12-10(16)2-1-3-11(12)18-13/h1-6H,16H2. The highest BCUT2D eigenvalue weighted by Gasteiger charge is 2.11. The van der Waals surface area contributed by atoms with E-state index in [-0.39, 0.29) is 5.02 Å². The Labute approximate surface area is 107 Å². The molecular formula is C13H8ClFN2O. The van der Waals surface area contributed by atoms with E-state index in [1.54, 1.807) is 24.3 Å². The van der Waals surface area contributed by atoms with E-state index in [1.165, 1.54) is 12.1 Å². The molecule has 0 saturated carbocycles. The summed E-state index contributed by atoms with van der Waals surface area (Å²) in [6.07, 6.45) is 0. The average Bonchev–Trinajstić information content (AvgIpc) is 2.78. The van der Waals surface area contributed by atoms with Gasteiger partial charge in [0.25, 0.3) is 0 Å². The number of rotatable bonds is 1. The molecule has 0 aliphatic rings. The van der Waals surface area contributed by atoms with Gasteiger partial charge in [-0.15, -0.1) is 0 Å². The molecule has 3 nitrogen and oxygen atoms in total. The molecule has 2 aromatic carbocycles. The van der Waals surface area contributed by atoms with Crippen LogP contribution in [0.15, 0.2) is 40.8 Å². The van der Waals surface area contributed by atoms with E-state index in [1.807, 2.05) is 0 Å². The smallest absolute Gasteiger partial charge is 0.227 e. The third-order valence-corrected chi connectivity index (χ3v) is 2.92. The Kier molecular flexibility index (Phi) is 2.45. The molecule has 3 rings (SSSR count). The van der Waals surface area contributed by atoms with Gasteiger partial charge in [-0.05, 0) is 30.3 Å². The van der Waals surface area contributed by atoms with Crippen molar-refractivity contribution < 1.29 is 8.81 Å². The maximum Gasteiger partial charge on any atom is 0.227 e. The molecule has 0 unspecified atom stereocenters. The van der Waals surface area contributed by atoms with E-state index < -0.39 is 5.82 Å². The van der Waals surface area contributed by atoms with Crippen molar-refractivity contribution in [3.8, 4) is 11.5 Å². The molecule has 1 heterocycles. The molecule has 0 saturated heterocycles. The summed E-state index contributed by atoms with van der Waals surface area (Å²) in [5, 5.41) is 0.0642. The second kappa shape index (κ2) is 3.99. The number of nitrogens with two attached hydrogens (primary N) is 1. The molecule has 1 aromatic heterocycles. The summed E-state index contributed by atoms with van der Waals surface area (Å²) in [7, 11) is 0. The van der Waals surface area contributed by atoms with Crippen molar-refractivity contribution in [2.75, 3.05) is 5.73 Å². The summed E-state index contributed by atoms with van der Waals surface area (Å²) in [4.78, 5) is 4.25. The Morgan fingerprint density at radius 1 is 1.22 bits per heavy atom. The minimum Gasteiger partial charge on any atom is -0.436 e. The number of benzene rings is 2. The normalized spacial score (nSPS) is 11.0. The van der Waals surface area contributed by atoms with Crippen LogP contribution in [0, 0.1) is 5.82 Å². The number of fused-ring (bicyclic) bond motifs is 1. The molecule has 0 aliphatic heterocycles. The van der Waals surface area contributed by atoms with Gasteiger partial charge in [0.2, 0.25) is 5.89 Å². The first-order valence-corrected chi connectivity index (χ1v) is 5.63. The summed E-state index contributed by atoms with van der Waals surface area (Å²) in [5.74, 6) is -0.192. The largest absolute Gasteiger partial charge is 0.436 e. The zero-order valence-electron chi connectivity index (χ0n) is 9.15. The van der Waals surface area contributed by atoms with E-state index >= 15 is 0 Å². The van der Waals surface area contributed by atoms with Gasteiger partial charge in [-0.2, -0.15) is 0 Å². The Morgan fingerprint density at radius 3 is 2.78 bits per heavy atom. The van der Waals surface area contributed by atoms with Crippen LogP contribution in [-0.2, 0) is 0 Å². The fourth-order valence-corrected chi connectivity index (χ4v) is 1.84. The predicted octanol–water partition coefficient (Wildman–Crippen LogP) is 3.87. The van der Waals surface area contributed by atoms with Crippen molar-refractivity contribution in [1.82, 2.24) is 4.98 Å². The van der Waals surface area contributed by atoms with Crippen molar-refractivity contribution in [3.63, 3.8) is 0 Å². The number of para-hydroxylation sites is 1. The highest BCUT2D eigenvalue weighted by atomic mass is 35.5. The third-order valence-electron chi connectivity index (χ3n) is 2.62. The molecule has 0 atom stereocenters. The summed E-state index contributed by atoms with van der Waals surface area (Å²) in [5.41, 5.74) is 7.97. The fourth-order valence-electron chi connectivity index (χ4n) is 1.72. The molecule has 0 amide bonds. The second-order valence-electron chi connectivity index (χ2n) is 3.84. The van der Waals surface area contributed by atoms with E-state index in [0.717, 1.165) is 0 Å². The first-order valence-electron chi connectivity index (χ1n) is 5.25. The van der Waals surface area contributed by atoms with Crippen LogP contribution in [-0.4, -0.2) is 4.98 Å². The average molecular weight is 263 g/mol. The number of halogens is 2. The molecule has 90 valence electrons. The van der Waals surface area contributed by atoms with Crippen LogP contribution in [0.5, 0.6) is 0 Å². The summed E-state index contributed by atoms with van der Waals surface area (Å²) in [6, 6.07) is 9.65. The van der Waals surface area contributed by atoms with E-state index in [9.17, 15) is 4.39 Å². The molecule has 3 aromatic rings. The van der Waals surface area contributed by atoms with Crippen LogP contribution in [0.4, 0.5) is 10.1 Å². The number of nitrogens with zero attached hydrogens (tertiary/aromatic N) is 1. The van der Waals surface area contributed by atoms with Crippen LogP contribution in [0.2, 0.25) is 5.02 Å². The molecule has 0 fully saturated rings. The van der Waals surface area contributed by atoms with Crippen LogP contribution < -0.4 is 5.73 Å². The first-order chi connectivity index (χ1) is 8.65. The van der Waals surface area contributed by atoms with Gasteiger partial charge in [0, 0.05) is 5.56 Å². The van der Waals surface area contributed by atoms with E-state index in [4.69, 9.17) is 21.8 Å². The molecule has 0 radical (unpaired) electrons. The SMILES string of the molecule is Nc1cccc2oc(-c3ccc(Cl)c(F)c3)nc12. The third kappa shape index (κ3) is 1.71. The quantitative estimate of drug-likeness (QED) is 0.677. The highest BCUT2D eigenvalue weighted by Crippen LogP contribution is 2.29. The van der Waals surface area contributed by atoms with Crippen molar-refractivity contribution in [1.29, 1.82) is 0 Å². The molecular weight excluding hydrogens is 255 g/mol. The molecule has 2 N–H and O–H groups in total. The topological polar surface area (TPSA) is 52.0 Å². The molecule has 5 heteroatoms. The van der Waals surface area contributed by atoms with Crippen molar-refractivity contribution in [2.24, 2.45) is 0 Å². The minimum atomic E-state index is -0.510. The van der Waals surface area contributed by atoms with Gasteiger partial charge in [0.1, 0.15) is 11.3 Å². The van der Waals surface area contributed by atoms with Crippen molar-refractivity contribution in [2.45, 2.75) is 0 Å². The van der Waals surface area contributed by atoms with Gasteiger partial charge >= 0.3 is 0 Å². The van der Waals surface area contributed by atoms with Gasteiger partial charge in [0.05, 0.1) is 10.7 Å². The summed E-state index contributed by atoms with van der Waals surface area (Å²) in [6.45, 7) is 0. The number of nitrogen functional groups attached to an aromatic ring is 1. The Morgan fingerprint density at radius 2 is 2.06 bits per heavy atom. The minimum absolute atomic E-state index is 0.0642. The van der Waals surface area contributed by atoms with Crippen molar-refractivity contribution >= 4 is 28.4 Å². The number of anilines is 1. The Hall–Kier alpha value is -2.07. The van der Waals surface area contributed by atoms with E-state index in [2.05, 4.69) is 4.98 Å². The fraction of sp³-hybridized carbons (Fsp3) is 0. The second-order valence-corrected chi connectivity index (χ2v) is 4.25. The van der Waals surface area contributed by atoms with Crippen LogP contribution in [0.3, 0.4) is 0 Å². The van der Waals surface area contributed by atoms with Crippen LogP contribution >= 0.6 is 11.6 Å². The Bertz CT molecular complexity index is 739. The lowest BCUT2D eigenvalue weighted by atomic mass is 10.2. The zero-order chi connectivity index (χ0) is 12.7. The van der Waals surface area contributed by atoms with Gasteiger partial charge in [-0.3, -0.25) is 0 Å². The zero-order valence-corrected chi connectivity index (χ0v) is 9.91. The lowest BCUT2D eigenvalue weighted by molar-refractivity contribution is 0.611. The predicted molar refractivity (Wildman–Crippen MR) is 68.8 cm³/mol. The van der Waals surface area contributed by atoms with Gasteiger partial charge in [-0.25, -0.2) is 9.37 Å². The highest BCUT2D eigenvalue weighted by molar-refractivity contribution is 6.30. The van der Waals surface area contributed by atoms with Crippen molar-refractivity contribution in [3.05, 3.63) is 47.2 Å². The molecule has 18 heavy (non-hydrogen) atoms. The molecule has 0 bridgehead atoms. The maximum absolute atomic E-state index is 13.4. The number of hydrogen-bond acceptors (Lipinski definition) is 3. The van der Waals surface area contributed by atoms with E-state index in [0.29, 0.717) is 28.2 Å². The summed E-state index contributed by atoms with van der Waals surface area (Å²) >= 11 is 5.63. The molecule has 0 aliphatic carbocycles. The first kappa shape index (κ1) is 11.0. The summed E-state index contributed by atoms with van der Waals surface area (Å²) < 4.78 is 18.9. The van der Waals surface area contributed by atoms with Gasteiger partial charge in [-0.1, -0.05) is 17.7 Å².